The van der Waals surface area contributed by atoms with Gasteiger partial charge in [0.2, 0.25) is 0 Å². The minimum Gasteiger partial charge on any atom is -0.480 e. The van der Waals surface area contributed by atoms with Crippen molar-refractivity contribution < 1.29 is 41.0 Å². The van der Waals surface area contributed by atoms with Gasteiger partial charge in [0, 0.05) is 51.0 Å². The summed E-state index contributed by atoms with van der Waals surface area (Å²) in [6, 6.07) is 0.149. The van der Waals surface area contributed by atoms with Gasteiger partial charge in [-0.25, -0.2) is 4.79 Å². The van der Waals surface area contributed by atoms with Crippen molar-refractivity contribution in [3.05, 3.63) is 29.3 Å². The van der Waals surface area contributed by atoms with Gasteiger partial charge in [-0.2, -0.15) is 26.3 Å². The van der Waals surface area contributed by atoms with Crippen molar-refractivity contribution in [2.45, 2.75) is 18.4 Å². The van der Waals surface area contributed by atoms with Crippen LogP contribution in [0.15, 0.2) is 18.2 Å². The van der Waals surface area contributed by atoms with Crippen molar-refractivity contribution in [3.8, 4) is 0 Å². The Morgan fingerprint density at radius 1 is 0.935 bits per heavy atom. The average molecular weight is 454 g/mol. The highest BCUT2D eigenvalue weighted by Gasteiger charge is 2.39. The molecule has 1 aromatic rings. The largest absolute Gasteiger partial charge is 0.480 e. The van der Waals surface area contributed by atoms with Crippen molar-refractivity contribution in [2.24, 2.45) is 0 Å². The fourth-order valence-corrected chi connectivity index (χ4v) is 3.56. The number of piperazine rings is 1. The zero-order chi connectivity index (χ0) is 23.0. The summed E-state index contributed by atoms with van der Waals surface area (Å²) < 4.78 is 77.6. The van der Waals surface area contributed by atoms with E-state index in [9.17, 15) is 35.9 Å². The molecule has 2 heterocycles. The summed E-state index contributed by atoms with van der Waals surface area (Å²) in [7, 11) is 0. The molecule has 1 aromatic carbocycles. The smallest absolute Gasteiger partial charge is 0.416 e. The third kappa shape index (κ3) is 5.79. The first-order valence-corrected chi connectivity index (χ1v) is 9.36. The third-order valence-electron chi connectivity index (χ3n) is 5.27. The second-order valence-corrected chi connectivity index (χ2v) is 7.49. The number of likely N-dealkylation sites (tertiary alicyclic amines) is 1. The van der Waals surface area contributed by atoms with E-state index in [1.54, 1.807) is 4.90 Å². The predicted octanol–water partition coefficient (Wildman–Crippen LogP) is 2.64. The molecule has 2 fully saturated rings. The van der Waals surface area contributed by atoms with Crippen LogP contribution in [0.3, 0.4) is 0 Å². The van der Waals surface area contributed by atoms with E-state index in [-0.39, 0.29) is 31.7 Å². The van der Waals surface area contributed by atoms with Gasteiger partial charge >= 0.3 is 24.4 Å². The van der Waals surface area contributed by atoms with Crippen LogP contribution in [0.4, 0.5) is 36.8 Å². The normalized spacial score (nSPS) is 19.2. The third-order valence-corrected chi connectivity index (χ3v) is 5.27. The molecule has 0 aromatic heterocycles. The molecule has 7 nitrogen and oxygen atoms in total. The number of hydrogen-bond acceptors (Lipinski definition) is 4. The average Bonchev–Trinajstić information content (AvgIpc) is 2.59. The van der Waals surface area contributed by atoms with Gasteiger partial charge in [0.25, 0.3) is 0 Å². The number of benzene rings is 1. The first kappa shape index (κ1) is 23.1. The van der Waals surface area contributed by atoms with Crippen molar-refractivity contribution in [3.63, 3.8) is 0 Å². The Labute approximate surface area is 173 Å². The Hall–Kier alpha value is -2.54. The van der Waals surface area contributed by atoms with Crippen LogP contribution in [0.5, 0.6) is 0 Å². The van der Waals surface area contributed by atoms with Crippen molar-refractivity contribution in [2.75, 3.05) is 51.1 Å². The molecule has 2 saturated heterocycles. The molecule has 0 atom stereocenters. The molecular weight excluding hydrogens is 434 g/mol. The lowest BCUT2D eigenvalue weighted by Gasteiger charge is -2.47. The van der Waals surface area contributed by atoms with Crippen molar-refractivity contribution >= 4 is 17.7 Å². The molecular formula is C18H20F6N4O3. The number of nitrogens with zero attached hydrogens (tertiary/aromatic N) is 3. The maximum absolute atomic E-state index is 12.9. The number of carboxylic acids is 1. The molecule has 0 unspecified atom stereocenters. The SMILES string of the molecule is O=C(O)CN1CCN(C2CN(C(=O)Nc3cc(C(F)(F)F)cc(C(F)(F)F)c3)C2)CC1. The summed E-state index contributed by atoms with van der Waals surface area (Å²) in [5.41, 5.74) is -3.59. The van der Waals surface area contributed by atoms with Crippen LogP contribution >= 0.6 is 0 Å². The molecule has 31 heavy (non-hydrogen) atoms. The van der Waals surface area contributed by atoms with Crippen molar-refractivity contribution in [1.82, 2.24) is 14.7 Å². The fourth-order valence-electron chi connectivity index (χ4n) is 3.56. The lowest BCUT2D eigenvalue weighted by atomic mass is 10.1. The van der Waals surface area contributed by atoms with Gasteiger partial charge in [0.05, 0.1) is 17.7 Å². The summed E-state index contributed by atoms with van der Waals surface area (Å²) in [6.45, 7) is 2.82. The molecule has 2 N–H and O–H groups in total. The Kier molecular flexibility index (Phi) is 6.37. The number of rotatable bonds is 4. The van der Waals surface area contributed by atoms with Crippen molar-refractivity contribution in [1.29, 1.82) is 0 Å². The van der Waals surface area contributed by atoms with Crippen LogP contribution in [0.2, 0.25) is 0 Å². The number of carbonyl (C=O) groups is 2. The molecule has 2 aliphatic heterocycles. The van der Waals surface area contributed by atoms with Crippen LogP contribution in [0, 0.1) is 0 Å². The van der Waals surface area contributed by atoms with Gasteiger partial charge < -0.3 is 15.3 Å². The Balaban J connectivity index is 1.57. The number of halogens is 6. The Morgan fingerprint density at radius 2 is 1.45 bits per heavy atom. The highest BCUT2D eigenvalue weighted by Crippen LogP contribution is 2.37. The van der Waals surface area contributed by atoms with Gasteiger partial charge in [-0.15, -0.1) is 0 Å². The molecule has 3 rings (SSSR count). The second kappa shape index (κ2) is 8.54. The number of alkyl halides is 6. The number of nitrogens with one attached hydrogen (secondary N) is 1. The zero-order valence-corrected chi connectivity index (χ0v) is 16.1. The molecule has 0 radical (unpaired) electrons. The van der Waals surface area contributed by atoms with E-state index in [1.807, 2.05) is 0 Å². The van der Waals surface area contributed by atoms with Crippen LogP contribution in [0.25, 0.3) is 0 Å². The maximum Gasteiger partial charge on any atom is 0.416 e. The fraction of sp³-hybridized carbons (Fsp3) is 0.556. The highest BCUT2D eigenvalue weighted by molar-refractivity contribution is 5.90. The van der Waals surface area contributed by atoms with E-state index < -0.39 is 41.2 Å². The quantitative estimate of drug-likeness (QED) is 0.685. The monoisotopic (exact) mass is 454 g/mol. The second-order valence-electron chi connectivity index (χ2n) is 7.49. The summed E-state index contributed by atoms with van der Waals surface area (Å²) >= 11 is 0. The van der Waals surface area contributed by atoms with E-state index in [1.165, 1.54) is 4.90 Å². The minimum absolute atomic E-state index is 0.000674. The first-order chi connectivity index (χ1) is 14.3. The maximum atomic E-state index is 12.9. The van der Waals surface area contributed by atoms with Crippen LogP contribution in [-0.4, -0.2) is 83.7 Å². The standard InChI is InChI=1S/C18H20F6N4O3/c19-17(20,21)11-5-12(18(22,23)24)7-13(6-11)25-16(31)28-8-14(9-28)27-3-1-26(2-4-27)10-15(29)30/h5-7,14H,1-4,8-10H2,(H,25,31)(H,29,30). The number of amides is 2. The summed E-state index contributed by atoms with van der Waals surface area (Å²) in [5, 5.41) is 10.9. The number of urea groups is 1. The molecule has 0 saturated carbocycles. The van der Waals surface area contributed by atoms with Crippen LogP contribution < -0.4 is 5.32 Å². The van der Waals surface area contributed by atoms with Crippen LogP contribution in [-0.2, 0) is 17.1 Å². The Morgan fingerprint density at radius 3 is 1.90 bits per heavy atom. The van der Waals surface area contributed by atoms with E-state index in [0.717, 1.165) is 0 Å². The molecule has 2 aliphatic rings. The van der Waals surface area contributed by atoms with Gasteiger partial charge in [-0.1, -0.05) is 0 Å². The van der Waals surface area contributed by atoms with Gasteiger partial charge in [-0.3, -0.25) is 14.6 Å². The molecule has 172 valence electrons. The zero-order valence-electron chi connectivity index (χ0n) is 16.1. The lowest BCUT2D eigenvalue weighted by molar-refractivity contribution is -0.143. The minimum atomic E-state index is -4.99. The van der Waals surface area contributed by atoms with Crippen LogP contribution in [0.1, 0.15) is 11.1 Å². The summed E-state index contributed by atoms with van der Waals surface area (Å²) in [5.74, 6) is -0.914. The number of carbonyl (C=O) groups excluding carboxylic acids is 1. The molecule has 13 heteroatoms. The number of aliphatic carboxylic acids is 1. The highest BCUT2D eigenvalue weighted by atomic mass is 19.4. The van der Waals surface area contributed by atoms with E-state index >= 15 is 0 Å². The summed E-state index contributed by atoms with van der Waals surface area (Å²) in [4.78, 5) is 28.2. The molecule has 2 amide bonds. The van der Waals surface area contributed by atoms with Gasteiger partial charge in [0.1, 0.15) is 0 Å². The number of hydrogen-bond donors (Lipinski definition) is 2. The molecule has 0 bridgehead atoms. The molecule has 0 spiro atoms. The van der Waals surface area contributed by atoms with E-state index in [2.05, 4.69) is 10.2 Å². The molecule has 0 aliphatic carbocycles. The first-order valence-electron chi connectivity index (χ1n) is 9.36. The topological polar surface area (TPSA) is 76.1 Å². The van der Waals surface area contributed by atoms with E-state index in [0.29, 0.717) is 38.3 Å². The van der Waals surface area contributed by atoms with Gasteiger partial charge in [-0.05, 0) is 18.2 Å². The van der Waals surface area contributed by atoms with Gasteiger partial charge in [0.15, 0.2) is 0 Å². The number of carboxylic acid groups (broad SMARTS) is 1. The number of anilines is 1. The van der Waals surface area contributed by atoms with E-state index in [4.69, 9.17) is 5.11 Å². The Bertz CT molecular complexity index is 798. The summed E-state index contributed by atoms with van der Waals surface area (Å²) in [6.07, 6.45) is -9.99. The predicted molar refractivity (Wildman–Crippen MR) is 96.5 cm³/mol. The lowest BCUT2D eigenvalue weighted by Crippen LogP contribution is -2.64.